The van der Waals surface area contributed by atoms with Gasteiger partial charge in [0, 0.05) is 32.3 Å². The summed E-state index contributed by atoms with van der Waals surface area (Å²) in [6.45, 7) is 11.4. The summed E-state index contributed by atoms with van der Waals surface area (Å²) in [6.07, 6.45) is 1.60. The van der Waals surface area contributed by atoms with Gasteiger partial charge < -0.3 is 19.3 Å². The highest BCUT2D eigenvalue weighted by molar-refractivity contribution is 5.95. The van der Waals surface area contributed by atoms with E-state index in [1.165, 1.54) is 20.8 Å². The lowest BCUT2D eigenvalue weighted by Crippen LogP contribution is -2.66. The average molecular weight is 475 g/mol. The van der Waals surface area contributed by atoms with Crippen molar-refractivity contribution in [1.29, 1.82) is 0 Å². The van der Waals surface area contributed by atoms with E-state index in [0.717, 1.165) is 0 Å². The van der Waals surface area contributed by atoms with Crippen LogP contribution in [0.1, 0.15) is 54.9 Å². The third-order valence-electron chi connectivity index (χ3n) is 8.69. The van der Waals surface area contributed by atoms with E-state index in [1.807, 2.05) is 6.92 Å². The number of ether oxygens (including phenoxy) is 3. The Kier molecular flexibility index (Phi) is 5.63. The first-order valence-electron chi connectivity index (χ1n) is 11.8. The minimum Gasteiger partial charge on any atom is -0.461 e. The van der Waals surface area contributed by atoms with Crippen molar-refractivity contribution < 1.29 is 38.5 Å². The predicted molar refractivity (Wildman–Crippen MR) is 120 cm³/mol. The molecule has 2 fully saturated rings. The molecule has 2 bridgehead atoms. The molecule has 8 atom stereocenters. The van der Waals surface area contributed by atoms with Crippen LogP contribution in [-0.2, 0) is 33.4 Å². The Morgan fingerprint density at radius 1 is 1.06 bits per heavy atom. The van der Waals surface area contributed by atoms with Crippen LogP contribution in [0.15, 0.2) is 23.3 Å². The van der Waals surface area contributed by atoms with Crippen molar-refractivity contribution in [3.05, 3.63) is 23.3 Å². The number of esters is 3. The summed E-state index contributed by atoms with van der Waals surface area (Å²) in [5, 5.41) is 12.6. The second-order valence-corrected chi connectivity index (χ2v) is 11.1. The maximum atomic E-state index is 14.4. The Morgan fingerprint density at radius 2 is 1.65 bits per heavy atom. The molecule has 4 aliphatic rings. The fourth-order valence-electron chi connectivity index (χ4n) is 7.24. The zero-order chi connectivity index (χ0) is 25.4. The first kappa shape index (κ1) is 24.6. The SMILES string of the molecule is CC(=O)OCC1=C[C@@H]2C(=O)[C@@]3(C=C(C)[C@H](OC(C)=O)[C@@]3(O)[C@@H]1OC(C)=O)[C@H](C)C[C@@H]1[C@@H]2C1(C)C. The lowest BCUT2D eigenvalue weighted by molar-refractivity contribution is -0.211. The molecule has 0 aromatic heterocycles. The van der Waals surface area contributed by atoms with E-state index in [4.69, 9.17) is 14.2 Å². The maximum Gasteiger partial charge on any atom is 0.303 e. The van der Waals surface area contributed by atoms with Gasteiger partial charge in [0.25, 0.3) is 0 Å². The smallest absolute Gasteiger partial charge is 0.303 e. The summed E-state index contributed by atoms with van der Waals surface area (Å²) < 4.78 is 16.6. The molecule has 0 aliphatic heterocycles. The minimum absolute atomic E-state index is 0.0379. The highest BCUT2D eigenvalue weighted by Gasteiger charge is 2.77. The topological polar surface area (TPSA) is 116 Å². The van der Waals surface area contributed by atoms with Gasteiger partial charge in [0.1, 0.15) is 6.61 Å². The molecule has 2 saturated carbocycles. The number of aliphatic hydroxyl groups is 1. The molecule has 0 amide bonds. The minimum atomic E-state index is -2.09. The van der Waals surface area contributed by atoms with Crippen LogP contribution in [0.5, 0.6) is 0 Å². The van der Waals surface area contributed by atoms with Gasteiger partial charge in [-0.3, -0.25) is 19.2 Å². The second-order valence-electron chi connectivity index (χ2n) is 11.1. The summed E-state index contributed by atoms with van der Waals surface area (Å²) in [5.41, 5.74) is -2.76. The predicted octanol–water partition coefficient (Wildman–Crippen LogP) is 2.53. The van der Waals surface area contributed by atoms with E-state index in [-0.39, 0.29) is 35.6 Å². The van der Waals surface area contributed by atoms with Crippen molar-refractivity contribution in [2.75, 3.05) is 6.61 Å². The van der Waals surface area contributed by atoms with E-state index in [9.17, 15) is 24.3 Å². The molecule has 0 aromatic carbocycles. The molecular formula is C26H34O8. The third-order valence-corrected chi connectivity index (χ3v) is 8.69. The van der Waals surface area contributed by atoms with Gasteiger partial charge >= 0.3 is 17.9 Å². The van der Waals surface area contributed by atoms with Gasteiger partial charge in [-0.1, -0.05) is 32.9 Å². The molecule has 4 rings (SSSR count). The van der Waals surface area contributed by atoms with Crippen LogP contribution in [0.25, 0.3) is 0 Å². The van der Waals surface area contributed by atoms with E-state index >= 15 is 0 Å². The second kappa shape index (κ2) is 7.77. The summed E-state index contributed by atoms with van der Waals surface area (Å²) in [5.74, 6) is -2.61. The van der Waals surface area contributed by atoms with Crippen molar-refractivity contribution >= 4 is 23.7 Å². The van der Waals surface area contributed by atoms with Gasteiger partial charge in [0.05, 0.1) is 5.41 Å². The van der Waals surface area contributed by atoms with Crippen molar-refractivity contribution in [3.63, 3.8) is 0 Å². The normalized spacial score (nSPS) is 41.6. The van der Waals surface area contributed by atoms with E-state index in [1.54, 1.807) is 19.1 Å². The first-order valence-corrected chi connectivity index (χ1v) is 11.8. The Balaban J connectivity index is 1.99. The number of hydrogen-bond donors (Lipinski definition) is 1. The fourth-order valence-corrected chi connectivity index (χ4v) is 7.24. The molecule has 0 aromatic rings. The Morgan fingerprint density at radius 3 is 2.21 bits per heavy atom. The van der Waals surface area contributed by atoms with Gasteiger partial charge in [-0.25, -0.2) is 0 Å². The largest absolute Gasteiger partial charge is 0.461 e. The van der Waals surface area contributed by atoms with Gasteiger partial charge in [-0.05, 0) is 42.1 Å². The van der Waals surface area contributed by atoms with Gasteiger partial charge in [-0.15, -0.1) is 0 Å². The van der Waals surface area contributed by atoms with E-state index < -0.39 is 47.0 Å². The highest BCUT2D eigenvalue weighted by Crippen LogP contribution is 2.71. The number of rotatable bonds is 4. The molecule has 1 spiro atoms. The summed E-state index contributed by atoms with van der Waals surface area (Å²) >= 11 is 0. The molecule has 4 aliphatic carbocycles. The summed E-state index contributed by atoms with van der Waals surface area (Å²) in [6, 6.07) is 0. The maximum absolute atomic E-state index is 14.4. The van der Waals surface area contributed by atoms with E-state index in [2.05, 4.69) is 13.8 Å². The number of carbonyl (C=O) groups is 4. The van der Waals surface area contributed by atoms with Crippen molar-refractivity contribution in [1.82, 2.24) is 0 Å². The van der Waals surface area contributed by atoms with Crippen LogP contribution in [0.4, 0.5) is 0 Å². The monoisotopic (exact) mass is 474 g/mol. The van der Waals surface area contributed by atoms with E-state index in [0.29, 0.717) is 17.6 Å². The first-order chi connectivity index (χ1) is 15.7. The number of ketones is 1. The molecule has 34 heavy (non-hydrogen) atoms. The van der Waals surface area contributed by atoms with Crippen LogP contribution in [0.3, 0.4) is 0 Å². The third kappa shape index (κ3) is 3.21. The standard InChI is InChI=1S/C26H34O8/c1-12-10-25-13(2)8-19-20(24(19,6)7)18(21(25)30)9-17(11-32-14(3)27)23(34-16(5)29)26(25,31)22(12)33-15(4)28/h9-10,13,18-20,22-23,31H,8,11H2,1-7H3/t13-,18+,19-,20-,22+,23-,25-,26-/m1/s1. The molecule has 0 radical (unpaired) electrons. The number of carbonyl (C=O) groups excluding carboxylic acids is 4. The van der Waals surface area contributed by atoms with Crippen LogP contribution < -0.4 is 0 Å². The quantitative estimate of drug-likeness (QED) is 0.375. The van der Waals surface area contributed by atoms with Crippen LogP contribution in [-0.4, -0.2) is 53.2 Å². The zero-order valence-electron chi connectivity index (χ0n) is 20.8. The summed E-state index contributed by atoms with van der Waals surface area (Å²) in [4.78, 5) is 50.5. The molecule has 0 heterocycles. The Labute approximate surface area is 199 Å². The van der Waals surface area contributed by atoms with Crippen LogP contribution in [0.2, 0.25) is 0 Å². The summed E-state index contributed by atoms with van der Waals surface area (Å²) in [7, 11) is 0. The molecule has 0 saturated heterocycles. The van der Waals surface area contributed by atoms with Gasteiger partial charge in [-0.2, -0.15) is 0 Å². The van der Waals surface area contributed by atoms with Crippen molar-refractivity contribution in [2.45, 2.75) is 72.7 Å². The van der Waals surface area contributed by atoms with Crippen LogP contribution >= 0.6 is 0 Å². The molecule has 8 heteroatoms. The lowest BCUT2D eigenvalue weighted by Gasteiger charge is -2.49. The molecule has 1 N–H and O–H groups in total. The van der Waals surface area contributed by atoms with Crippen molar-refractivity contribution in [3.8, 4) is 0 Å². The highest BCUT2D eigenvalue weighted by atomic mass is 16.6. The van der Waals surface area contributed by atoms with Crippen LogP contribution in [0, 0.1) is 34.5 Å². The number of fused-ring (bicyclic) bond motifs is 3. The molecule has 0 unspecified atom stereocenters. The molecular weight excluding hydrogens is 440 g/mol. The Bertz CT molecular complexity index is 1020. The fraction of sp³-hybridized carbons (Fsp3) is 0.692. The molecule has 8 nitrogen and oxygen atoms in total. The number of allylic oxidation sites excluding steroid dienone is 1. The van der Waals surface area contributed by atoms with Gasteiger partial charge in [0.2, 0.25) is 0 Å². The number of hydrogen-bond acceptors (Lipinski definition) is 8. The average Bonchev–Trinajstić information content (AvgIpc) is 3.20. The zero-order valence-corrected chi connectivity index (χ0v) is 20.8. The lowest BCUT2D eigenvalue weighted by atomic mass is 9.59. The van der Waals surface area contributed by atoms with Crippen molar-refractivity contribution in [2.24, 2.45) is 34.5 Å². The number of Topliss-reactive ketones (excluding diaryl/α,β-unsaturated/α-hetero) is 1. The molecule has 186 valence electrons. The Hall–Kier alpha value is -2.48. The van der Waals surface area contributed by atoms with Gasteiger partial charge in [0.15, 0.2) is 23.6 Å².